The van der Waals surface area contributed by atoms with Gasteiger partial charge in [-0.05, 0) is 42.7 Å². The lowest BCUT2D eigenvalue weighted by Crippen LogP contribution is -2.28. The molecule has 0 saturated carbocycles. The molecule has 3 aromatic rings. The normalized spacial score (nSPS) is 11.8. The number of benzene rings is 2. The van der Waals surface area contributed by atoms with Crippen LogP contribution in [-0.4, -0.2) is 16.5 Å². The minimum atomic E-state index is -0.349. The Labute approximate surface area is 123 Å². The van der Waals surface area contributed by atoms with Crippen molar-refractivity contribution in [1.82, 2.24) is 10.2 Å². The van der Waals surface area contributed by atoms with Crippen molar-refractivity contribution in [2.24, 2.45) is 5.73 Å². The van der Waals surface area contributed by atoms with Gasteiger partial charge in [0.15, 0.2) is 6.29 Å². The average molecular weight is 279 g/mol. The third-order valence-corrected chi connectivity index (χ3v) is 3.67. The van der Waals surface area contributed by atoms with Gasteiger partial charge >= 0.3 is 0 Å². The molecule has 3 N–H and O–H groups in total. The zero-order valence-corrected chi connectivity index (χ0v) is 12.1. The Morgan fingerprint density at radius 2 is 1.76 bits per heavy atom. The number of carbonyl (C=O) groups excluding carboxylic acids is 1. The molecule has 3 rings (SSSR count). The van der Waals surface area contributed by atoms with Crippen LogP contribution in [0.2, 0.25) is 0 Å². The van der Waals surface area contributed by atoms with E-state index in [2.05, 4.69) is 10.2 Å². The van der Waals surface area contributed by atoms with Crippen LogP contribution in [0.4, 0.5) is 0 Å². The summed E-state index contributed by atoms with van der Waals surface area (Å²) in [7, 11) is 0. The number of hydrogen-bond acceptors (Lipinski definition) is 3. The molecule has 1 heterocycles. The minimum Gasteiger partial charge on any atom is -0.322 e. The number of fused-ring (bicyclic) bond motifs is 1. The van der Waals surface area contributed by atoms with Gasteiger partial charge in [-0.15, -0.1) is 0 Å². The highest BCUT2D eigenvalue weighted by molar-refractivity contribution is 5.96. The van der Waals surface area contributed by atoms with E-state index in [1.165, 1.54) is 0 Å². The Morgan fingerprint density at radius 3 is 2.38 bits per heavy atom. The first kappa shape index (κ1) is 13.5. The molecule has 0 aliphatic heterocycles. The topological polar surface area (TPSA) is 71.8 Å². The molecule has 1 aromatic heterocycles. The van der Waals surface area contributed by atoms with E-state index in [1.807, 2.05) is 56.3 Å². The van der Waals surface area contributed by atoms with Gasteiger partial charge in [-0.1, -0.05) is 30.3 Å². The second-order valence-electron chi connectivity index (χ2n) is 5.79. The molecule has 0 unspecified atom stereocenters. The van der Waals surface area contributed by atoms with Crippen molar-refractivity contribution in [1.29, 1.82) is 0 Å². The summed E-state index contributed by atoms with van der Waals surface area (Å²) in [5.74, 6) is 0. The number of H-pyrrole nitrogens is 1. The van der Waals surface area contributed by atoms with Gasteiger partial charge in [0, 0.05) is 10.9 Å². The lowest BCUT2D eigenvalue weighted by Gasteiger charge is -2.19. The first-order valence-corrected chi connectivity index (χ1v) is 6.82. The summed E-state index contributed by atoms with van der Waals surface area (Å²) < 4.78 is 0. The summed E-state index contributed by atoms with van der Waals surface area (Å²) in [5.41, 5.74) is 10.3. The molecule has 106 valence electrons. The quantitative estimate of drug-likeness (QED) is 0.723. The molecule has 21 heavy (non-hydrogen) atoms. The maximum absolute atomic E-state index is 11.0. The third kappa shape index (κ3) is 2.45. The number of aldehydes is 1. The van der Waals surface area contributed by atoms with Crippen LogP contribution in [0.25, 0.3) is 22.0 Å². The molecule has 0 spiro atoms. The van der Waals surface area contributed by atoms with Crippen LogP contribution >= 0.6 is 0 Å². The maximum atomic E-state index is 11.0. The fourth-order valence-electron chi connectivity index (χ4n) is 2.40. The van der Waals surface area contributed by atoms with Crippen LogP contribution in [0.5, 0.6) is 0 Å². The molecule has 0 saturated heterocycles. The summed E-state index contributed by atoms with van der Waals surface area (Å²) >= 11 is 0. The van der Waals surface area contributed by atoms with E-state index in [1.54, 1.807) is 0 Å². The predicted molar refractivity (Wildman–Crippen MR) is 84.1 cm³/mol. The van der Waals surface area contributed by atoms with Gasteiger partial charge in [0.25, 0.3) is 0 Å². The number of aromatic amines is 1. The van der Waals surface area contributed by atoms with Crippen molar-refractivity contribution in [3.63, 3.8) is 0 Å². The highest BCUT2D eigenvalue weighted by Crippen LogP contribution is 2.26. The number of aromatic nitrogens is 2. The number of nitrogens with one attached hydrogen (secondary N) is 1. The Morgan fingerprint density at radius 1 is 1.10 bits per heavy atom. The van der Waals surface area contributed by atoms with Crippen molar-refractivity contribution in [3.8, 4) is 11.1 Å². The Kier molecular flexibility index (Phi) is 3.11. The third-order valence-electron chi connectivity index (χ3n) is 3.67. The Hall–Kier alpha value is -2.46. The monoisotopic (exact) mass is 279 g/mol. The predicted octanol–water partition coefficient (Wildman–Crippen LogP) is 3.24. The summed E-state index contributed by atoms with van der Waals surface area (Å²) in [4.78, 5) is 11.0. The van der Waals surface area contributed by atoms with Crippen LogP contribution in [0.1, 0.15) is 29.9 Å². The van der Waals surface area contributed by atoms with E-state index >= 15 is 0 Å². The van der Waals surface area contributed by atoms with Gasteiger partial charge in [-0.3, -0.25) is 9.89 Å². The van der Waals surface area contributed by atoms with Crippen LogP contribution in [-0.2, 0) is 5.54 Å². The molecule has 0 aliphatic carbocycles. The first-order valence-electron chi connectivity index (χ1n) is 6.82. The second-order valence-corrected chi connectivity index (χ2v) is 5.79. The Balaban J connectivity index is 2.05. The van der Waals surface area contributed by atoms with Crippen LogP contribution in [0.3, 0.4) is 0 Å². The largest absolute Gasteiger partial charge is 0.322 e. The number of rotatable bonds is 3. The highest BCUT2D eigenvalue weighted by Gasteiger charge is 2.13. The molecule has 2 aromatic carbocycles. The Bertz CT molecular complexity index is 795. The van der Waals surface area contributed by atoms with E-state index in [0.29, 0.717) is 5.69 Å². The molecular formula is C17H17N3O. The second kappa shape index (κ2) is 4.82. The van der Waals surface area contributed by atoms with Crippen LogP contribution < -0.4 is 5.73 Å². The first-order chi connectivity index (χ1) is 9.99. The summed E-state index contributed by atoms with van der Waals surface area (Å²) in [6.07, 6.45) is 0.767. The van der Waals surface area contributed by atoms with Crippen LogP contribution in [0.15, 0.2) is 42.5 Å². The number of hydrogen-bond donors (Lipinski definition) is 2. The number of nitrogens with two attached hydrogens (primary N) is 1. The molecule has 4 nitrogen and oxygen atoms in total. The van der Waals surface area contributed by atoms with Gasteiger partial charge < -0.3 is 5.73 Å². The summed E-state index contributed by atoms with van der Waals surface area (Å²) in [5, 5.41) is 7.67. The zero-order chi connectivity index (χ0) is 15.0. The van der Waals surface area contributed by atoms with Crippen molar-refractivity contribution < 1.29 is 4.79 Å². The van der Waals surface area contributed by atoms with E-state index in [9.17, 15) is 4.79 Å². The molecule has 4 heteroatoms. The molecular weight excluding hydrogens is 262 g/mol. The van der Waals surface area contributed by atoms with Gasteiger partial charge in [-0.25, -0.2) is 0 Å². The van der Waals surface area contributed by atoms with Crippen LogP contribution in [0, 0.1) is 0 Å². The van der Waals surface area contributed by atoms with Crippen molar-refractivity contribution in [2.75, 3.05) is 0 Å². The lowest BCUT2D eigenvalue weighted by molar-refractivity contribution is 0.112. The zero-order valence-electron chi connectivity index (χ0n) is 12.1. The minimum absolute atomic E-state index is 0.349. The van der Waals surface area contributed by atoms with E-state index < -0.39 is 0 Å². The highest BCUT2D eigenvalue weighted by atomic mass is 16.1. The number of nitrogens with zero attached hydrogens (tertiary/aromatic N) is 1. The summed E-state index contributed by atoms with van der Waals surface area (Å²) in [6, 6.07) is 14.1. The fraction of sp³-hybridized carbons (Fsp3) is 0.176. The molecule has 0 radical (unpaired) electrons. The van der Waals surface area contributed by atoms with E-state index in [0.717, 1.165) is 33.9 Å². The van der Waals surface area contributed by atoms with Crippen molar-refractivity contribution in [3.05, 3.63) is 53.7 Å². The van der Waals surface area contributed by atoms with Gasteiger partial charge in [0.1, 0.15) is 5.69 Å². The SMILES string of the molecule is CC(C)(N)c1ccc(-c2ccc3[nH]nc(C=O)c3c2)cc1. The number of carbonyl (C=O) groups is 1. The average Bonchev–Trinajstić information content (AvgIpc) is 2.88. The molecule has 0 bridgehead atoms. The summed E-state index contributed by atoms with van der Waals surface area (Å²) in [6.45, 7) is 3.96. The smallest absolute Gasteiger partial charge is 0.170 e. The van der Waals surface area contributed by atoms with E-state index in [-0.39, 0.29) is 5.54 Å². The molecule has 0 amide bonds. The standard InChI is InChI=1S/C17H17N3O/c1-17(2,18)13-6-3-11(4-7-13)12-5-8-15-14(9-12)16(10-21)20-19-15/h3-10H,18H2,1-2H3,(H,19,20). The fourth-order valence-corrected chi connectivity index (χ4v) is 2.40. The van der Waals surface area contributed by atoms with Gasteiger partial charge in [0.05, 0.1) is 5.52 Å². The molecule has 0 fully saturated rings. The molecule has 0 atom stereocenters. The van der Waals surface area contributed by atoms with Gasteiger partial charge in [-0.2, -0.15) is 5.10 Å². The lowest BCUT2D eigenvalue weighted by atomic mass is 9.93. The van der Waals surface area contributed by atoms with Gasteiger partial charge in [0.2, 0.25) is 0 Å². The maximum Gasteiger partial charge on any atom is 0.170 e. The van der Waals surface area contributed by atoms with Crippen molar-refractivity contribution >= 4 is 17.2 Å². The molecule has 0 aliphatic rings. The van der Waals surface area contributed by atoms with E-state index in [4.69, 9.17) is 5.73 Å². The van der Waals surface area contributed by atoms with Crippen molar-refractivity contribution in [2.45, 2.75) is 19.4 Å².